The van der Waals surface area contributed by atoms with Crippen molar-refractivity contribution in [2.45, 2.75) is 51.7 Å². The lowest BCUT2D eigenvalue weighted by Crippen LogP contribution is -2.51. The van der Waals surface area contributed by atoms with Gasteiger partial charge in [0.05, 0.1) is 0 Å². The van der Waals surface area contributed by atoms with Crippen LogP contribution in [0.15, 0.2) is 0 Å². The highest BCUT2D eigenvalue weighted by molar-refractivity contribution is 5.75. The van der Waals surface area contributed by atoms with E-state index in [2.05, 4.69) is 17.1 Å². The van der Waals surface area contributed by atoms with Gasteiger partial charge >= 0.3 is 5.97 Å². The number of ether oxygens (including phenoxy) is 1. The van der Waals surface area contributed by atoms with Crippen LogP contribution in [0.25, 0.3) is 0 Å². The van der Waals surface area contributed by atoms with Crippen molar-refractivity contribution in [3.8, 4) is 0 Å². The molecule has 4 nitrogen and oxygen atoms in total. The molecule has 1 N–H and O–H groups in total. The molecule has 0 radical (unpaired) electrons. The fourth-order valence-corrected chi connectivity index (χ4v) is 2.92. The summed E-state index contributed by atoms with van der Waals surface area (Å²) in [4.78, 5) is 14.4. The zero-order valence-corrected chi connectivity index (χ0v) is 11.7. The molecule has 2 fully saturated rings. The molecule has 2 rings (SSSR count). The van der Waals surface area contributed by atoms with Crippen LogP contribution in [0, 0.1) is 5.92 Å². The minimum absolute atomic E-state index is 0.0318. The maximum Gasteiger partial charge on any atom is 0.323 e. The van der Waals surface area contributed by atoms with E-state index in [1.807, 2.05) is 6.92 Å². The van der Waals surface area contributed by atoms with Crippen LogP contribution in [0.1, 0.15) is 39.5 Å². The van der Waals surface area contributed by atoms with Gasteiger partial charge < -0.3 is 10.1 Å². The normalized spacial score (nSPS) is 31.9. The maximum absolute atomic E-state index is 12.2. The van der Waals surface area contributed by atoms with Gasteiger partial charge in [0.1, 0.15) is 12.1 Å². The molecule has 0 aromatic rings. The molecule has 3 unspecified atom stereocenters. The number of carbonyl (C=O) groups excluding carboxylic acids is 1. The fraction of sp³-hybridized carbons (Fsp3) is 0.929. The van der Waals surface area contributed by atoms with Crippen molar-refractivity contribution in [3.05, 3.63) is 0 Å². The molecule has 0 bridgehead atoms. The molecule has 0 spiro atoms. The van der Waals surface area contributed by atoms with Gasteiger partial charge in [-0.1, -0.05) is 13.3 Å². The number of hydrogen-bond donors (Lipinski definition) is 1. The Hall–Kier alpha value is -0.610. The third kappa shape index (κ3) is 3.45. The number of nitrogens with one attached hydrogen (secondary N) is 1. The van der Waals surface area contributed by atoms with Crippen molar-refractivity contribution in [2.75, 3.05) is 26.2 Å². The molecule has 0 aromatic heterocycles. The third-order valence-electron chi connectivity index (χ3n) is 4.34. The first-order valence-corrected chi connectivity index (χ1v) is 7.33. The van der Waals surface area contributed by atoms with Gasteiger partial charge in [-0.2, -0.15) is 0 Å². The summed E-state index contributed by atoms with van der Waals surface area (Å²) in [6.45, 7) is 8.00. The zero-order chi connectivity index (χ0) is 13.0. The maximum atomic E-state index is 12.2. The molecule has 0 amide bonds. The predicted octanol–water partition coefficient (Wildman–Crippen LogP) is 1.40. The van der Waals surface area contributed by atoms with Gasteiger partial charge in [0.25, 0.3) is 0 Å². The monoisotopic (exact) mass is 254 g/mol. The van der Waals surface area contributed by atoms with Crippen molar-refractivity contribution in [2.24, 2.45) is 5.92 Å². The van der Waals surface area contributed by atoms with Crippen LogP contribution < -0.4 is 5.32 Å². The molecule has 3 atom stereocenters. The smallest absolute Gasteiger partial charge is 0.323 e. The molecule has 0 aromatic carbocycles. The van der Waals surface area contributed by atoms with Crippen molar-refractivity contribution in [1.29, 1.82) is 0 Å². The summed E-state index contributed by atoms with van der Waals surface area (Å²) < 4.78 is 5.72. The summed E-state index contributed by atoms with van der Waals surface area (Å²) in [7, 11) is 0. The molecule has 1 saturated carbocycles. The van der Waals surface area contributed by atoms with Crippen LogP contribution in [0.5, 0.6) is 0 Å². The van der Waals surface area contributed by atoms with Crippen LogP contribution in [0.2, 0.25) is 0 Å². The minimum Gasteiger partial charge on any atom is -0.461 e. The van der Waals surface area contributed by atoms with Crippen LogP contribution in [0.3, 0.4) is 0 Å². The van der Waals surface area contributed by atoms with Gasteiger partial charge in [-0.25, -0.2) is 0 Å². The van der Waals surface area contributed by atoms with Gasteiger partial charge in [0.15, 0.2) is 0 Å². The van der Waals surface area contributed by atoms with Gasteiger partial charge in [-0.05, 0) is 32.1 Å². The van der Waals surface area contributed by atoms with E-state index in [0.717, 1.165) is 32.6 Å². The van der Waals surface area contributed by atoms with Crippen molar-refractivity contribution < 1.29 is 9.53 Å². The Morgan fingerprint density at radius 1 is 1.28 bits per heavy atom. The fourth-order valence-electron chi connectivity index (χ4n) is 2.92. The van der Waals surface area contributed by atoms with Crippen LogP contribution in [-0.4, -0.2) is 49.2 Å². The van der Waals surface area contributed by atoms with E-state index < -0.39 is 0 Å². The predicted molar refractivity (Wildman–Crippen MR) is 71.4 cm³/mol. The second-order valence-corrected chi connectivity index (χ2v) is 5.70. The van der Waals surface area contributed by atoms with E-state index in [0.29, 0.717) is 5.92 Å². The Bertz CT molecular complexity index is 277. The third-order valence-corrected chi connectivity index (χ3v) is 4.34. The number of carbonyl (C=O) groups is 1. The highest BCUT2D eigenvalue weighted by Crippen LogP contribution is 2.26. The van der Waals surface area contributed by atoms with E-state index in [4.69, 9.17) is 4.74 Å². The molecular formula is C14H26N2O2. The van der Waals surface area contributed by atoms with Crippen LogP contribution in [-0.2, 0) is 9.53 Å². The first-order chi connectivity index (χ1) is 8.68. The molecule has 1 saturated heterocycles. The van der Waals surface area contributed by atoms with Crippen LogP contribution in [0.4, 0.5) is 0 Å². The van der Waals surface area contributed by atoms with E-state index >= 15 is 0 Å². The average molecular weight is 254 g/mol. The first-order valence-electron chi connectivity index (χ1n) is 7.33. The SMILES string of the molecule is CC1CCCCC1OC(=O)C(C)N1CCNCC1. The summed E-state index contributed by atoms with van der Waals surface area (Å²) in [6.07, 6.45) is 4.87. The molecular weight excluding hydrogens is 228 g/mol. The lowest BCUT2D eigenvalue weighted by atomic mass is 9.88. The van der Waals surface area contributed by atoms with Crippen molar-refractivity contribution in [3.63, 3.8) is 0 Å². The largest absolute Gasteiger partial charge is 0.461 e. The minimum atomic E-state index is -0.0961. The summed E-state index contributed by atoms with van der Waals surface area (Å²) in [5, 5.41) is 3.30. The average Bonchev–Trinajstić information content (AvgIpc) is 2.41. The number of piperazine rings is 1. The summed E-state index contributed by atoms with van der Waals surface area (Å²) in [5.74, 6) is 0.494. The Balaban J connectivity index is 1.82. The second kappa shape index (κ2) is 6.53. The topological polar surface area (TPSA) is 41.6 Å². The second-order valence-electron chi connectivity index (χ2n) is 5.70. The number of hydrogen-bond acceptors (Lipinski definition) is 4. The Morgan fingerprint density at radius 2 is 1.94 bits per heavy atom. The van der Waals surface area contributed by atoms with E-state index in [1.165, 1.54) is 19.3 Å². The van der Waals surface area contributed by atoms with Gasteiger partial charge in [0.2, 0.25) is 0 Å². The Kier molecular flexibility index (Phi) is 5.01. The van der Waals surface area contributed by atoms with E-state index in [9.17, 15) is 4.79 Å². The molecule has 1 heterocycles. The zero-order valence-electron chi connectivity index (χ0n) is 11.7. The Morgan fingerprint density at radius 3 is 2.61 bits per heavy atom. The van der Waals surface area contributed by atoms with Crippen molar-refractivity contribution in [1.82, 2.24) is 10.2 Å². The molecule has 1 aliphatic heterocycles. The molecule has 4 heteroatoms. The number of esters is 1. The van der Waals surface area contributed by atoms with E-state index in [-0.39, 0.29) is 18.1 Å². The van der Waals surface area contributed by atoms with E-state index in [1.54, 1.807) is 0 Å². The summed E-state index contributed by atoms with van der Waals surface area (Å²) >= 11 is 0. The number of rotatable bonds is 3. The highest BCUT2D eigenvalue weighted by Gasteiger charge is 2.29. The highest BCUT2D eigenvalue weighted by atomic mass is 16.5. The lowest BCUT2D eigenvalue weighted by molar-refractivity contribution is -0.159. The molecule has 2 aliphatic rings. The first kappa shape index (κ1) is 13.8. The van der Waals surface area contributed by atoms with Crippen molar-refractivity contribution >= 4 is 5.97 Å². The van der Waals surface area contributed by atoms with Gasteiger partial charge in [0, 0.05) is 26.2 Å². The summed E-state index contributed by atoms with van der Waals surface area (Å²) in [5.41, 5.74) is 0. The summed E-state index contributed by atoms with van der Waals surface area (Å²) in [6, 6.07) is -0.0961. The van der Waals surface area contributed by atoms with Gasteiger partial charge in [-0.15, -0.1) is 0 Å². The molecule has 104 valence electrons. The quantitative estimate of drug-likeness (QED) is 0.773. The molecule has 1 aliphatic carbocycles. The molecule has 18 heavy (non-hydrogen) atoms. The lowest BCUT2D eigenvalue weighted by Gasteiger charge is -2.34. The standard InChI is InChI=1S/C14H26N2O2/c1-11-5-3-4-6-13(11)18-14(17)12(2)16-9-7-15-8-10-16/h11-13,15H,3-10H2,1-2H3. The number of nitrogens with zero attached hydrogens (tertiary/aromatic N) is 1. The Labute approximate surface area is 110 Å². The van der Waals surface area contributed by atoms with Gasteiger partial charge in [-0.3, -0.25) is 9.69 Å². The van der Waals surface area contributed by atoms with Crippen LogP contribution >= 0.6 is 0 Å².